The van der Waals surface area contributed by atoms with E-state index in [1.54, 1.807) is 20.4 Å². The van der Waals surface area contributed by atoms with Crippen LogP contribution < -0.4 is 10.6 Å². The molecule has 0 unspecified atom stereocenters. The van der Waals surface area contributed by atoms with Gasteiger partial charge in [0.15, 0.2) is 5.96 Å². The third-order valence-corrected chi connectivity index (χ3v) is 3.32. The first-order chi connectivity index (χ1) is 12.0. The zero-order valence-corrected chi connectivity index (χ0v) is 18.6. The van der Waals surface area contributed by atoms with Crippen LogP contribution in [0.2, 0.25) is 0 Å². The van der Waals surface area contributed by atoms with Gasteiger partial charge in [-0.05, 0) is 24.5 Å². The van der Waals surface area contributed by atoms with Crippen molar-refractivity contribution in [3.05, 3.63) is 24.2 Å². The Bertz CT molecular complexity index is 505. The first-order valence-corrected chi connectivity index (χ1v) is 8.81. The van der Waals surface area contributed by atoms with Crippen LogP contribution in [0.4, 0.5) is 0 Å². The lowest BCUT2D eigenvalue weighted by Crippen LogP contribution is -2.40. The largest absolute Gasteiger partial charge is 0.469 e. The molecule has 0 fully saturated rings. The maximum atomic E-state index is 11.7. The summed E-state index contributed by atoms with van der Waals surface area (Å²) in [6, 6.07) is 3.81. The van der Waals surface area contributed by atoms with Gasteiger partial charge in [-0.15, -0.1) is 24.0 Å². The van der Waals surface area contributed by atoms with Gasteiger partial charge in [-0.2, -0.15) is 0 Å². The molecule has 0 aliphatic heterocycles. The molecule has 26 heavy (non-hydrogen) atoms. The Labute approximate surface area is 174 Å². The number of likely N-dealkylation sites (N-methyl/N-ethyl adjacent to an activating group) is 1. The summed E-state index contributed by atoms with van der Waals surface area (Å²) in [5.74, 6) is 2.06. The van der Waals surface area contributed by atoms with Crippen molar-refractivity contribution in [1.29, 1.82) is 0 Å². The van der Waals surface area contributed by atoms with Gasteiger partial charge >= 0.3 is 0 Å². The van der Waals surface area contributed by atoms with Crippen LogP contribution in [0.3, 0.4) is 0 Å². The summed E-state index contributed by atoms with van der Waals surface area (Å²) in [5, 5.41) is 6.47. The lowest BCUT2D eigenvalue weighted by molar-refractivity contribution is -0.127. The van der Waals surface area contributed by atoms with E-state index in [1.165, 1.54) is 4.90 Å². The third-order valence-electron chi connectivity index (χ3n) is 3.32. The molecule has 1 aromatic heterocycles. The molecule has 7 nitrogen and oxygen atoms in total. The molecule has 0 spiro atoms. The maximum Gasteiger partial charge on any atom is 0.243 e. The number of nitrogens with zero attached hydrogens (tertiary/aromatic N) is 2. The molecule has 2 N–H and O–H groups in total. The number of halogens is 1. The summed E-state index contributed by atoms with van der Waals surface area (Å²) >= 11 is 0. The van der Waals surface area contributed by atoms with Crippen molar-refractivity contribution in [2.24, 2.45) is 10.9 Å². The molecular formula is C18H33IN4O3. The van der Waals surface area contributed by atoms with Gasteiger partial charge in [-0.25, -0.2) is 4.99 Å². The van der Waals surface area contributed by atoms with Crippen LogP contribution in [0.1, 0.15) is 26.0 Å². The van der Waals surface area contributed by atoms with Gasteiger partial charge in [0.25, 0.3) is 0 Å². The van der Waals surface area contributed by atoms with Crippen molar-refractivity contribution in [2.75, 3.05) is 46.9 Å². The standard InChI is InChI=1S/C18H32N4O3.HI/c1-15(2)14-24-11-6-9-19-18(21-13-17(23)22(3)4)20-10-8-16-7-5-12-25-16;/h5,7,12,15H,6,8-11,13-14H2,1-4H3,(H2,19,20,21);1H. The molecule has 1 aromatic rings. The molecular weight excluding hydrogens is 447 g/mol. The first kappa shape index (κ1) is 24.7. The fourth-order valence-electron chi connectivity index (χ4n) is 1.92. The second-order valence-corrected chi connectivity index (χ2v) is 6.46. The van der Waals surface area contributed by atoms with E-state index < -0.39 is 0 Å². The maximum absolute atomic E-state index is 11.7. The van der Waals surface area contributed by atoms with Gasteiger partial charge < -0.3 is 24.7 Å². The molecule has 0 atom stereocenters. The van der Waals surface area contributed by atoms with Crippen molar-refractivity contribution in [3.8, 4) is 0 Å². The Balaban J connectivity index is 0.00000625. The third kappa shape index (κ3) is 12.1. The highest BCUT2D eigenvalue weighted by Crippen LogP contribution is 1.99. The summed E-state index contributed by atoms with van der Waals surface area (Å²) in [7, 11) is 3.45. The monoisotopic (exact) mass is 480 g/mol. The quantitative estimate of drug-likeness (QED) is 0.220. The summed E-state index contributed by atoms with van der Waals surface area (Å²) < 4.78 is 10.9. The average molecular weight is 480 g/mol. The van der Waals surface area contributed by atoms with Crippen molar-refractivity contribution in [3.63, 3.8) is 0 Å². The number of nitrogens with one attached hydrogen (secondary N) is 2. The second kappa shape index (κ2) is 14.8. The normalized spacial score (nSPS) is 11.2. The van der Waals surface area contributed by atoms with Crippen LogP contribution in [-0.2, 0) is 16.0 Å². The van der Waals surface area contributed by atoms with Gasteiger partial charge in [0.05, 0.1) is 6.26 Å². The number of hydrogen-bond acceptors (Lipinski definition) is 4. The zero-order valence-electron chi connectivity index (χ0n) is 16.3. The lowest BCUT2D eigenvalue weighted by atomic mass is 10.2. The lowest BCUT2D eigenvalue weighted by Gasteiger charge is -2.14. The molecule has 1 amide bonds. The SMILES string of the molecule is CC(C)COCCCNC(=NCC(=O)N(C)C)NCCc1ccco1.I. The molecule has 8 heteroatoms. The van der Waals surface area contributed by atoms with E-state index in [9.17, 15) is 4.79 Å². The number of furan rings is 1. The second-order valence-electron chi connectivity index (χ2n) is 6.46. The smallest absolute Gasteiger partial charge is 0.243 e. The molecule has 0 bridgehead atoms. The van der Waals surface area contributed by atoms with Gasteiger partial charge in [-0.1, -0.05) is 13.8 Å². The van der Waals surface area contributed by atoms with Gasteiger partial charge in [0.1, 0.15) is 12.3 Å². The summed E-state index contributed by atoms with van der Waals surface area (Å²) in [5.41, 5.74) is 0. The fourth-order valence-corrected chi connectivity index (χ4v) is 1.92. The Kier molecular flexibility index (Phi) is 14.1. The number of carbonyl (C=O) groups is 1. The number of rotatable bonds is 11. The minimum absolute atomic E-state index is 0. The van der Waals surface area contributed by atoms with E-state index in [1.807, 2.05) is 12.1 Å². The van der Waals surface area contributed by atoms with Gasteiger partial charge in [0.2, 0.25) is 5.91 Å². The number of amides is 1. The van der Waals surface area contributed by atoms with Crippen LogP contribution >= 0.6 is 24.0 Å². The zero-order chi connectivity index (χ0) is 18.5. The predicted molar refractivity (Wildman–Crippen MR) is 115 cm³/mol. The summed E-state index contributed by atoms with van der Waals surface area (Å²) in [4.78, 5) is 17.6. The molecule has 0 radical (unpaired) electrons. The van der Waals surface area contributed by atoms with E-state index in [0.29, 0.717) is 25.0 Å². The molecule has 150 valence electrons. The highest BCUT2D eigenvalue weighted by molar-refractivity contribution is 14.0. The van der Waals surface area contributed by atoms with Crippen LogP contribution in [0.15, 0.2) is 27.8 Å². The summed E-state index contributed by atoms with van der Waals surface area (Å²) in [6.07, 6.45) is 3.30. The average Bonchev–Trinajstić information content (AvgIpc) is 3.07. The van der Waals surface area contributed by atoms with Crippen LogP contribution in [0, 0.1) is 5.92 Å². The topological polar surface area (TPSA) is 79.1 Å². The molecule has 0 saturated carbocycles. The number of hydrogen-bond donors (Lipinski definition) is 2. The Morgan fingerprint density at radius 3 is 2.65 bits per heavy atom. The number of ether oxygens (including phenoxy) is 1. The molecule has 1 rings (SSSR count). The Hall–Kier alpha value is -1.29. The predicted octanol–water partition coefficient (Wildman–Crippen LogP) is 2.13. The number of guanidine groups is 1. The van der Waals surface area contributed by atoms with Crippen LogP contribution in [0.25, 0.3) is 0 Å². The molecule has 0 aliphatic carbocycles. The molecule has 1 heterocycles. The summed E-state index contributed by atoms with van der Waals surface area (Å²) in [6.45, 7) is 7.29. The van der Waals surface area contributed by atoms with Gasteiger partial charge in [0, 0.05) is 46.8 Å². The van der Waals surface area contributed by atoms with Crippen molar-refractivity contribution >= 4 is 35.8 Å². The van der Waals surface area contributed by atoms with Crippen molar-refractivity contribution in [1.82, 2.24) is 15.5 Å². The molecule has 0 aliphatic rings. The first-order valence-electron chi connectivity index (χ1n) is 8.81. The number of aliphatic imine (C=N–C) groups is 1. The van der Waals surface area contributed by atoms with E-state index in [4.69, 9.17) is 9.15 Å². The van der Waals surface area contributed by atoms with E-state index >= 15 is 0 Å². The van der Waals surface area contributed by atoms with Crippen molar-refractivity contribution < 1.29 is 13.9 Å². The Morgan fingerprint density at radius 1 is 1.31 bits per heavy atom. The van der Waals surface area contributed by atoms with Crippen LogP contribution in [0.5, 0.6) is 0 Å². The highest BCUT2D eigenvalue weighted by Gasteiger charge is 2.05. The van der Waals surface area contributed by atoms with Crippen LogP contribution in [-0.4, -0.2) is 63.7 Å². The van der Waals surface area contributed by atoms with Gasteiger partial charge in [-0.3, -0.25) is 4.79 Å². The fraction of sp³-hybridized carbons (Fsp3) is 0.667. The minimum atomic E-state index is -0.0348. The molecule has 0 saturated heterocycles. The van der Waals surface area contributed by atoms with Crippen molar-refractivity contribution in [2.45, 2.75) is 26.7 Å². The van der Waals surface area contributed by atoms with E-state index in [2.05, 4.69) is 29.5 Å². The number of carbonyl (C=O) groups excluding carboxylic acids is 1. The Morgan fingerprint density at radius 2 is 2.04 bits per heavy atom. The van der Waals surface area contributed by atoms with E-state index in [-0.39, 0.29) is 36.4 Å². The minimum Gasteiger partial charge on any atom is -0.469 e. The molecule has 0 aromatic carbocycles. The highest BCUT2D eigenvalue weighted by atomic mass is 127. The van der Waals surface area contributed by atoms with E-state index in [0.717, 1.165) is 31.8 Å².